The van der Waals surface area contributed by atoms with Crippen LogP contribution in [0.3, 0.4) is 0 Å². The van der Waals surface area contributed by atoms with Crippen LogP contribution in [-0.2, 0) is 16.1 Å². The highest BCUT2D eigenvalue weighted by Gasteiger charge is 2.41. The van der Waals surface area contributed by atoms with Crippen molar-refractivity contribution in [3.05, 3.63) is 35.9 Å². The zero-order chi connectivity index (χ0) is 13.9. The molecule has 20 heavy (non-hydrogen) atoms. The summed E-state index contributed by atoms with van der Waals surface area (Å²) in [6.45, 7) is 4.67. The molecule has 2 aliphatic rings. The molecule has 1 heterocycles. The van der Waals surface area contributed by atoms with Crippen LogP contribution in [-0.4, -0.2) is 30.1 Å². The topological polar surface area (TPSA) is 29.5 Å². The van der Waals surface area contributed by atoms with Crippen molar-refractivity contribution in [1.29, 1.82) is 0 Å². The van der Waals surface area contributed by atoms with Crippen LogP contribution < -0.4 is 0 Å². The third-order valence-corrected chi connectivity index (χ3v) is 4.62. The summed E-state index contributed by atoms with van der Waals surface area (Å²) in [5, 5.41) is 0. The first-order chi connectivity index (χ1) is 9.72. The molecule has 1 saturated carbocycles. The fourth-order valence-corrected chi connectivity index (χ4v) is 3.84. The largest absolute Gasteiger partial charge is 0.462 e. The fraction of sp³-hybridized carbons (Fsp3) is 0.588. The molecule has 2 fully saturated rings. The van der Waals surface area contributed by atoms with Gasteiger partial charge in [0.1, 0.15) is 6.10 Å². The van der Waals surface area contributed by atoms with E-state index < -0.39 is 0 Å². The van der Waals surface area contributed by atoms with Crippen molar-refractivity contribution in [1.82, 2.24) is 4.90 Å². The SMILES string of the molecule is CC(=O)OC1C2CCCC1CN(Cc1ccccc1)C2. The number of rotatable bonds is 3. The van der Waals surface area contributed by atoms with E-state index in [1.807, 2.05) is 0 Å². The summed E-state index contributed by atoms with van der Waals surface area (Å²) in [5.74, 6) is 0.925. The minimum Gasteiger partial charge on any atom is -0.462 e. The Labute approximate surface area is 120 Å². The molecular formula is C17H23NO2. The minimum atomic E-state index is -0.122. The van der Waals surface area contributed by atoms with Gasteiger partial charge in [0.2, 0.25) is 0 Å². The highest BCUT2D eigenvalue weighted by Crippen LogP contribution is 2.37. The summed E-state index contributed by atoms with van der Waals surface area (Å²) in [6.07, 6.45) is 3.83. The van der Waals surface area contributed by atoms with Crippen LogP contribution in [0.25, 0.3) is 0 Å². The minimum absolute atomic E-state index is 0.122. The lowest BCUT2D eigenvalue weighted by Crippen LogP contribution is -2.52. The second-order valence-corrected chi connectivity index (χ2v) is 6.20. The van der Waals surface area contributed by atoms with Crippen LogP contribution in [0.4, 0.5) is 0 Å². The van der Waals surface area contributed by atoms with Gasteiger partial charge in [0.05, 0.1) is 0 Å². The van der Waals surface area contributed by atoms with Gasteiger partial charge in [-0.3, -0.25) is 9.69 Å². The number of fused-ring (bicyclic) bond motifs is 2. The van der Waals surface area contributed by atoms with Gasteiger partial charge >= 0.3 is 5.97 Å². The molecule has 3 nitrogen and oxygen atoms in total. The molecule has 108 valence electrons. The first-order valence-corrected chi connectivity index (χ1v) is 7.66. The van der Waals surface area contributed by atoms with E-state index in [0.29, 0.717) is 11.8 Å². The van der Waals surface area contributed by atoms with Gasteiger partial charge in [-0.05, 0) is 18.4 Å². The van der Waals surface area contributed by atoms with Crippen LogP contribution in [0.5, 0.6) is 0 Å². The number of piperidine rings is 1. The van der Waals surface area contributed by atoms with Gasteiger partial charge < -0.3 is 4.74 Å². The summed E-state index contributed by atoms with van der Waals surface area (Å²) >= 11 is 0. The van der Waals surface area contributed by atoms with Crippen LogP contribution in [0.15, 0.2) is 30.3 Å². The molecule has 1 aromatic carbocycles. The summed E-state index contributed by atoms with van der Waals surface area (Å²) in [7, 11) is 0. The second kappa shape index (κ2) is 5.96. The molecule has 1 aliphatic carbocycles. The van der Waals surface area contributed by atoms with Crippen molar-refractivity contribution in [2.24, 2.45) is 11.8 Å². The molecule has 1 saturated heterocycles. The third kappa shape index (κ3) is 3.04. The zero-order valence-electron chi connectivity index (χ0n) is 12.1. The maximum atomic E-state index is 11.3. The van der Waals surface area contributed by atoms with Gasteiger partial charge in [-0.2, -0.15) is 0 Å². The molecule has 0 amide bonds. The molecule has 0 radical (unpaired) electrons. The van der Waals surface area contributed by atoms with Crippen molar-refractivity contribution in [3.8, 4) is 0 Å². The summed E-state index contributed by atoms with van der Waals surface area (Å²) in [6, 6.07) is 10.6. The van der Waals surface area contributed by atoms with E-state index in [-0.39, 0.29) is 12.1 Å². The summed E-state index contributed by atoms with van der Waals surface area (Å²) in [5.41, 5.74) is 1.37. The highest BCUT2D eigenvalue weighted by atomic mass is 16.5. The Kier molecular flexibility index (Phi) is 4.06. The Balaban J connectivity index is 1.66. The Hall–Kier alpha value is -1.35. The van der Waals surface area contributed by atoms with E-state index in [9.17, 15) is 4.79 Å². The standard InChI is InChI=1S/C17H23NO2/c1-13(19)20-17-15-8-5-9-16(17)12-18(11-15)10-14-6-3-2-4-7-14/h2-4,6-7,15-17H,5,8-12H2,1H3. The maximum absolute atomic E-state index is 11.3. The van der Waals surface area contributed by atoms with E-state index in [2.05, 4.69) is 35.2 Å². The number of benzene rings is 1. The summed E-state index contributed by atoms with van der Waals surface area (Å²) in [4.78, 5) is 13.8. The molecule has 0 N–H and O–H groups in total. The van der Waals surface area contributed by atoms with Gasteiger partial charge in [-0.25, -0.2) is 0 Å². The quantitative estimate of drug-likeness (QED) is 0.793. The number of carbonyl (C=O) groups is 1. The first-order valence-electron chi connectivity index (χ1n) is 7.66. The molecule has 0 aromatic heterocycles. The number of carbonyl (C=O) groups excluding carboxylic acids is 1. The van der Waals surface area contributed by atoms with Gasteiger partial charge in [-0.15, -0.1) is 0 Å². The molecule has 2 unspecified atom stereocenters. The lowest BCUT2D eigenvalue weighted by Gasteiger charge is -2.46. The Morgan fingerprint density at radius 1 is 1.20 bits per heavy atom. The predicted molar refractivity (Wildman–Crippen MR) is 78.1 cm³/mol. The Morgan fingerprint density at radius 3 is 2.45 bits per heavy atom. The van der Waals surface area contributed by atoms with E-state index in [4.69, 9.17) is 4.74 Å². The van der Waals surface area contributed by atoms with Crippen LogP contribution in [0, 0.1) is 11.8 Å². The third-order valence-electron chi connectivity index (χ3n) is 4.62. The number of esters is 1. The highest BCUT2D eigenvalue weighted by molar-refractivity contribution is 5.66. The van der Waals surface area contributed by atoms with Crippen molar-refractivity contribution < 1.29 is 9.53 Å². The number of nitrogens with zero attached hydrogens (tertiary/aromatic N) is 1. The lowest BCUT2D eigenvalue weighted by atomic mass is 9.75. The zero-order valence-corrected chi connectivity index (χ0v) is 12.1. The van der Waals surface area contributed by atoms with Gasteiger partial charge in [0.25, 0.3) is 0 Å². The monoisotopic (exact) mass is 273 g/mol. The molecule has 2 bridgehead atoms. The van der Waals surface area contributed by atoms with Gasteiger partial charge in [-0.1, -0.05) is 36.8 Å². The van der Waals surface area contributed by atoms with E-state index >= 15 is 0 Å². The number of ether oxygens (including phenoxy) is 1. The van der Waals surface area contributed by atoms with Crippen LogP contribution in [0.1, 0.15) is 31.7 Å². The molecule has 1 aromatic rings. The van der Waals surface area contributed by atoms with E-state index in [0.717, 1.165) is 19.6 Å². The Morgan fingerprint density at radius 2 is 1.85 bits per heavy atom. The van der Waals surface area contributed by atoms with Gasteiger partial charge in [0, 0.05) is 38.4 Å². The summed E-state index contributed by atoms with van der Waals surface area (Å²) < 4.78 is 5.59. The normalized spacial score (nSPS) is 29.9. The second-order valence-electron chi connectivity index (χ2n) is 6.20. The first kappa shape index (κ1) is 13.6. The molecule has 0 spiro atoms. The molecule has 2 atom stereocenters. The van der Waals surface area contributed by atoms with Crippen molar-refractivity contribution in [2.45, 2.75) is 38.8 Å². The molecule has 1 aliphatic heterocycles. The van der Waals surface area contributed by atoms with Crippen molar-refractivity contribution in [2.75, 3.05) is 13.1 Å². The smallest absolute Gasteiger partial charge is 0.302 e. The lowest BCUT2D eigenvalue weighted by molar-refractivity contribution is -0.161. The van der Waals surface area contributed by atoms with Crippen molar-refractivity contribution >= 4 is 5.97 Å². The molecular weight excluding hydrogens is 250 g/mol. The van der Waals surface area contributed by atoms with E-state index in [1.165, 1.54) is 31.7 Å². The van der Waals surface area contributed by atoms with Crippen molar-refractivity contribution in [3.63, 3.8) is 0 Å². The fourth-order valence-electron chi connectivity index (χ4n) is 3.84. The van der Waals surface area contributed by atoms with Gasteiger partial charge in [0.15, 0.2) is 0 Å². The average Bonchev–Trinajstić information content (AvgIpc) is 2.40. The number of hydrogen-bond acceptors (Lipinski definition) is 3. The van der Waals surface area contributed by atoms with E-state index in [1.54, 1.807) is 0 Å². The Bertz CT molecular complexity index is 445. The molecule has 3 rings (SSSR count). The number of hydrogen-bond donors (Lipinski definition) is 0. The van der Waals surface area contributed by atoms with Crippen LogP contribution >= 0.6 is 0 Å². The number of likely N-dealkylation sites (tertiary alicyclic amines) is 1. The van der Waals surface area contributed by atoms with Crippen LogP contribution in [0.2, 0.25) is 0 Å². The average molecular weight is 273 g/mol. The molecule has 3 heteroatoms. The predicted octanol–water partition coefficient (Wildman–Crippen LogP) is 2.85. The maximum Gasteiger partial charge on any atom is 0.302 e.